The Balaban J connectivity index is 2.38. The molecule has 0 aliphatic heterocycles. The van der Waals surface area contributed by atoms with Crippen molar-refractivity contribution in [3.8, 4) is 5.75 Å². The van der Waals surface area contributed by atoms with E-state index in [-0.39, 0.29) is 5.78 Å². The van der Waals surface area contributed by atoms with Crippen molar-refractivity contribution in [3.05, 3.63) is 29.8 Å². The Hall–Kier alpha value is -1.35. The van der Waals surface area contributed by atoms with Crippen LogP contribution in [0, 0.1) is 0 Å². The first-order valence-electron chi connectivity index (χ1n) is 6.61. The van der Waals surface area contributed by atoms with E-state index in [1.807, 2.05) is 24.3 Å². The molecule has 0 aliphatic carbocycles. The van der Waals surface area contributed by atoms with E-state index < -0.39 is 0 Å². The van der Waals surface area contributed by atoms with Gasteiger partial charge in [-0.15, -0.1) is 0 Å². The molecule has 18 heavy (non-hydrogen) atoms. The van der Waals surface area contributed by atoms with Crippen molar-refractivity contribution in [1.29, 1.82) is 0 Å². The topological polar surface area (TPSA) is 35.5 Å². The molecule has 0 radical (unpaired) electrons. The van der Waals surface area contributed by atoms with Crippen LogP contribution in [0.4, 0.5) is 0 Å². The van der Waals surface area contributed by atoms with E-state index in [9.17, 15) is 4.79 Å². The Bertz CT molecular complexity index is 343. The lowest BCUT2D eigenvalue weighted by atomic mass is 10.1. The molecule has 0 aliphatic rings. The molecule has 0 atom stereocenters. The minimum absolute atomic E-state index is 0.119. The van der Waals surface area contributed by atoms with Crippen molar-refractivity contribution in [2.45, 2.75) is 33.1 Å². The van der Waals surface area contributed by atoms with Gasteiger partial charge in [0.1, 0.15) is 5.75 Å². The molecule has 0 fully saturated rings. The normalized spacial score (nSPS) is 10.3. The van der Waals surface area contributed by atoms with Gasteiger partial charge >= 0.3 is 0 Å². The zero-order valence-electron chi connectivity index (χ0n) is 11.3. The minimum Gasteiger partial charge on any atom is -0.494 e. The summed E-state index contributed by atoms with van der Waals surface area (Å²) in [6.45, 7) is 6.04. The third kappa shape index (κ3) is 5.32. The van der Waals surface area contributed by atoms with Crippen LogP contribution < -0.4 is 4.74 Å². The zero-order valence-corrected chi connectivity index (χ0v) is 11.3. The predicted molar refractivity (Wildman–Crippen MR) is 72.3 cm³/mol. The number of benzene rings is 1. The highest BCUT2D eigenvalue weighted by atomic mass is 16.5. The molecular formula is C15H22O3. The van der Waals surface area contributed by atoms with Gasteiger partial charge in [-0.1, -0.05) is 13.8 Å². The molecule has 0 saturated carbocycles. The summed E-state index contributed by atoms with van der Waals surface area (Å²) in [5.74, 6) is 0.934. The van der Waals surface area contributed by atoms with E-state index in [0.717, 1.165) is 30.8 Å². The Morgan fingerprint density at radius 1 is 1.00 bits per heavy atom. The van der Waals surface area contributed by atoms with Crippen LogP contribution in [0.3, 0.4) is 0 Å². The fourth-order valence-corrected chi connectivity index (χ4v) is 1.51. The number of carbonyl (C=O) groups is 1. The lowest BCUT2D eigenvalue weighted by Gasteiger charge is -2.06. The van der Waals surface area contributed by atoms with Gasteiger partial charge in [-0.3, -0.25) is 4.79 Å². The van der Waals surface area contributed by atoms with E-state index in [1.165, 1.54) is 0 Å². The van der Waals surface area contributed by atoms with Gasteiger partial charge in [-0.2, -0.15) is 0 Å². The Kier molecular flexibility index (Phi) is 7.11. The van der Waals surface area contributed by atoms with Gasteiger partial charge in [-0.25, -0.2) is 0 Å². The highest BCUT2D eigenvalue weighted by Crippen LogP contribution is 2.13. The predicted octanol–water partition coefficient (Wildman–Crippen LogP) is 3.47. The van der Waals surface area contributed by atoms with Gasteiger partial charge in [0, 0.05) is 18.6 Å². The van der Waals surface area contributed by atoms with Crippen LogP contribution in [-0.4, -0.2) is 25.6 Å². The van der Waals surface area contributed by atoms with Crippen LogP contribution in [0.5, 0.6) is 5.75 Å². The summed E-state index contributed by atoms with van der Waals surface area (Å²) in [4.78, 5) is 11.8. The third-order valence-corrected chi connectivity index (χ3v) is 2.47. The minimum atomic E-state index is 0.119. The van der Waals surface area contributed by atoms with E-state index in [1.54, 1.807) is 0 Å². The lowest BCUT2D eigenvalue weighted by Crippen LogP contribution is -2.05. The highest BCUT2D eigenvalue weighted by molar-refractivity contribution is 5.96. The number of ether oxygens (including phenoxy) is 2. The van der Waals surface area contributed by atoms with Crippen LogP contribution in [0.1, 0.15) is 43.5 Å². The van der Waals surface area contributed by atoms with Crippen LogP contribution in [0.15, 0.2) is 24.3 Å². The van der Waals surface area contributed by atoms with Crippen molar-refractivity contribution in [2.75, 3.05) is 19.8 Å². The van der Waals surface area contributed by atoms with Gasteiger partial charge < -0.3 is 9.47 Å². The van der Waals surface area contributed by atoms with Crippen molar-refractivity contribution >= 4 is 5.78 Å². The van der Waals surface area contributed by atoms with Crippen LogP contribution in [0.2, 0.25) is 0 Å². The molecule has 1 aromatic carbocycles. The smallest absolute Gasteiger partial charge is 0.165 e. The van der Waals surface area contributed by atoms with Crippen molar-refractivity contribution in [2.24, 2.45) is 0 Å². The molecule has 0 amide bonds. The largest absolute Gasteiger partial charge is 0.494 e. The summed E-state index contributed by atoms with van der Waals surface area (Å²) in [6, 6.07) is 7.31. The summed E-state index contributed by atoms with van der Waals surface area (Å²) in [7, 11) is 0. The summed E-state index contributed by atoms with van der Waals surface area (Å²) in [5, 5.41) is 0. The quantitative estimate of drug-likeness (QED) is 0.497. The number of Topliss-reactive ketones (excluding diaryl/α,β-unsaturated/α-hetero) is 1. The third-order valence-electron chi connectivity index (χ3n) is 2.47. The van der Waals surface area contributed by atoms with Gasteiger partial charge in [0.05, 0.1) is 13.2 Å². The Morgan fingerprint density at radius 2 is 1.67 bits per heavy atom. The standard InChI is InChI=1S/C15H22O3/c1-3-10-17-12-9-15(16)13-5-7-14(8-6-13)18-11-4-2/h5-8H,3-4,9-12H2,1-2H3. The van der Waals surface area contributed by atoms with Gasteiger partial charge in [-0.05, 0) is 37.1 Å². The second-order valence-electron chi connectivity index (χ2n) is 4.16. The average Bonchev–Trinajstić information content (AvgIpc) is 2.41. The number of carbonyl (C=O) groups excluding carboxylic acids is 1. The molecule has 100 valence electrons. The summed E-state index contributed by atoms with van der Waals surface area (Å²) in [6.07, 6.45) is 2.41. The van der Waals surface area contributed by atoms with Gasteiger partial charge in [0.25, 0.3) is 0 Å². The second-order valence-corrected chi connectivity index (χ2v) is 4.16. The van der Waals surface area contributed by atoms with E-state index in [4.69, 9.17) is 9.47 Å². The van der Waals surface area contributed by atoms with Crippen molar-refractivity contribution in [3.63, 3.8) is 0 Å². The molecule has 0 unspecified atom stereocenters. The maximum absolute atomic E-state index is 11.8. The van der Waals surface area contributed by atoms with Gasteiger partial charge in [0.15, 0.2) is 5.78 Å². The fraction of sp³-hybridized carbons (Fsp3) is 0.533. The summed E-state index contributed by atoms with van der Waals surface area (Å²) < 4.78 is 10.8. The van der Waals surface area contributed by atoms with E-state index >= 15 is 0 Å². The molecule has 0 N–H and O–H groups in total. The molecule has 0 saturated heterocycles. The molecule has 1 aromatic rings. The van der Waals surface area contributed by atoms with Crippen LogP contribution >= 0.6 is 0 Å². The van der Waals surface area contributed by atoms with Crippen LogP contribution in [0.25, 0.3) is 0 Å². The van der Waals surface area contributed by atoms with Crippen molar-refractivity contribution in [1.82, 2.24) is 0 Å². The second kappa shape index (κ2) is 8.70. The molecule has 0 heterocycles. The lowest BCUT2D eigenvalue weighted by molar-refractivity contribution is 0.0879. The summed E-state index contributed by atoms with van der Waals surface area (Å²) in [5.41, 5.74) is 0.721. The average molecular weight is 250 g/mol. The molecule has 1 rings (SSSR count). The first-order valence-corrected chi connectivity index (χ1v) is 6.61. The number of hydrogen-bond donors (Lipinski definition) is 0. The molecule has 0 spiro atoms. The summed E-state index contributed by atoms with van der Waals surface area (Å²) >= 11 is 0. The number of rotatable bonds is 9. The molecule has 0 aromatic heterocycles. The van der Waals surface area contributed by atoms with E-state index in [0.29, 0.717) is 19.6 Å². The molecular weight excluding hydrogens is 228 g/mol. The highest BCUT2D eigenvalue weighted by Gasteiger charge is 2.05. The monoisotopic (exact) mass is 250 g/mol. The number of ketones is 1. The Labute approximate surface area is 109 Å². The maximum atomic E-state index is 11.8. The fourth-order valence-electron chi connectivity index (χ4n) is 1.51. The molecule has 3 nitrogen and oxygen atoms in total. The first kappa shape index (κ1) is 14.7. The zero-order chi connectivity index (χ0) is 13.2. The maximum Gasteiger partial charge on any atom is 0.165 e. The first-order chi connectivity index (χ1) is 8.77. The molecule has 0 bridgehead atoms. The SMILES string of the molecule is CCCOCCC(=O)c1ccc(OCCC)cc1. The van der Waals surface area contributed by atoms with Crippen molar-refractivity contribution < 1.29 is 14.3 Å². The van der Waals surface area contributed by atoms with Crippen LogP contribution in [-0.2, 0) is 4.74 Å². The van der Waals surface area contributed by atoms with E-state index in [2.05, 4.69) is 13.8 Å². The van der Waals surface area contributed by atoms with Gasteiger partial charge in [0.2, 0.25) is 0 Å². The number of hydrogen-bond acceptors (Lipinski definition) is 3. The Morgan fingerprint density at radius 3 is 2.28 bits per heavy atom. The molecule has 3 heteroatoms.